The molecule has 2 aromatic carbocycles. The molecule has 0 amide bonds. The molecule has 0 fully saturated rings. The van der Waals surface area contributed by atoms with Crippen molar-refractivity contribution in [3.8, 4) is 0 Å². The van der Waals surface area contributed by atoms with Crippen molar-refractivity contribution < 1.29 is 0 Å². The lowest BCUT2D eigenvalue weighted by Crippen LogP contribution is -2.00. The van der Waals surface area contributed by atoms with Crippen LogP contribution in [0.2, 0.25) is 0 Å². The highest BCUT2D eigenvalue weighted by molar-refractivity contribution is 5.92. The number of allylic oxidation sites excluding steroid dienone is 6. The number of fused-ring (bicyclic) bond motifs is 1. The average Bonchev–Trinajstić information content (AvgIpc) is 2.91. The molecule has 1 aliphatic carbocycles. The van der Waals surface area contributed by atoms with Gasteiger partial charge < -0.3 is 0 Å². The van der Waals surface area contributed by atoms with Gasteiger partial charge in [-0.1, -0.05) is 114 Å². The maximum Gasteiger partial charge on any atom is -0.0109 e. The number of hydrogen-bond acceptors (Lipinski definition) is 0. The second-order valence-electron chi connectivity index (χ2n) is 9.10. The summed E-state index contributed by atoms with van der Waals surface area (Å²) in [5, 5.41) is 0. The van der Waals surface area contributed by atoms with E-state index in [-0.39, 0.29) is 0 Å². The van der Waals surface area contributed by atoms with Crippen LogP contribution in [-0.4, -0.2) is 0 Å². The predicted octanol–water partition coefficient (Wildman–Crippen LogP) is 9.97. The van der Waals surface area contributed by atoms with E-state index in [0.717, 1.165) is 12.8 Å². The summed E-state index contributed by atoms with van der Waals surface area (Å²) in [5.41, 5.74) is 12.5. The molecule has 0 heteroatoms. The summed E-state index contributed by atoms with van der Waals surface area (Å²) in [7, 11) is 0. The van der Waals surface area contributed by atoms with Gasteiger partial charge in [-0.2, -0.15) is 0 Å². The Morgan fingerprint density at radius 3 is 1.62 bits per heavy atom. The van der Waals surface area contributed by atoms with Crippen LogP contribution < -0.4 is 0 Å². The third-order valence-corrected chi connectivity index (χ3v) is 6.58. The first-order chi connectivity index (χ1) is 15.7. The maximum absolute atomic E-state index is 2.56. The molecule has 0 spiro atoms. The monoisotopic (exact) mass is 426 g/mol. The highest BCUT2D eigenvalue weighted by Gasteiger charge is 2.25. The van der Waals surface area contributed by atoms with Crippen LogP contribution in [0.1, 0.15) is 102 Å². The smallest absolute Gasteiger partial charge is 0.0109 e. The fourth-order valence-electron chi connectivity index (χ4n) is 5.27. The Morgan fingerprint density at radius 2 is 1.00 bits per heavy atom. The van der Waals surface area contributed by atoms with Gasteiger partial charge in [0.2, 0.25) is 0 Å². The Balaban J connectivity index is 2.19. The second-order valence-corrected chi connectivity index (χ2v) is 9.10. The number of rotatable bonds is 11. The summed E-state index contributed by atoms with van der Waals surface area (Å²) in [4.78, 5) is 0. The molecule has 0 saturated heterocycles. The first-order valence-corrected chi connectivity index (χ1v) is 13.0. The van der Waals surface area contributed by atoms with E-state index in [4.69, 9.17) is 0 Å². The number of benzene rings is 2. The third kappa shape index (κ3) is 5.71. The summed E-state index contributed by atoms with van der Waals surface area (Å²) in [6, 6.07) is 20.2. The van der Waals surface area contributed by atoms with Crippen molar-refractivity contribution in [2.45, 2.75) is 91.9 Å². The van der Waals surface area contributed by atoms with Gasteiger partial charge in [-0.25, -0.2) is 0 Å². The summed E-state index contributed by atoms with van der Waals surface area (Å²) < 4.78 is 0. The van der Waals surface area contributed by atoms with E-state index < -0.39 is 0 Å². The molecule has 0 atom stereocenters. The Morgan fingerprint density at radius 1 is 0.500 bits per heavy atom. The Kier molecular flexibility index (Phi) is 9.60. The highest BCUT2D eigenvalue weighted by Crippen LogP contribution is 2.45. The molecule has 0 radical (unpaired) electrons. The standard InChI is InChI=1S/C32H42/c1-5-15-26-27(16-6-2)29(18-8-4)32(24-14-21-25-19-10-9-11-20-25)31-23-13-12-22-30(31)28(26)17-7-3/h9-13,19-20,22-24H,5-8,14-18,21H2,1-4H3/b32-24-. The molecule has 0 N–H and O–H groups in total. The van der Waals surface area contributed by atoms with E-state index in [1.807, 2.05) is 0 Å². The molecule has 32 heavy (non-hydrogen) atoms. The normalized spacial score (nSPS) is 15.3. The van der Waals surface area contributed by atoms with Crippen LogP contribution in [0.4, 0.5) is 0 Å². The molecule has 0 unspecified atom stereocenters. The Labute approximate surface area is 197 Å². The molecule has 0 nitrogen and oxygen atoms in total. The molecule has 2 aromatic rings. The van der Waals surface area contributed by atoms with Crippen molar-refractivity contribution in [3.05, 3.63) is 94.1 Å². The summed E-state index contributed by atoms with van der Waals surface area (Å²) in [6.07, 6.45) is 14.3. The van der Waals surface area contributed by atoms with Crippen LogP contribution in [0, 0.1) is 0 Å². The quantitative estimate of drug-likeness (QED) is 0.335. The summed E-state index contributed by atoms with van der Waals surface area (Å²) in [6.45, 7) is 9.35. The van der Waals surface area contributed by atoms with Crippen LogP contribution in [0.3, 0.4) is 0 Å². The lowest BCUT2D eigenvalue weighted by atomic mass is 9.85. The van der Waals surface area contributed by atoms with Crippen molar-refractivity contribution >= 4 is 11.1 Å². The molecular formula is C32H42. The lowest BCUT2D eigenvalue weighted by Gasteiger charge is -2.20. The van der Waals surface area contributed by atoms with Crippen LogP contribution in [0.25, 0.3) is 11.1 Å². The molecular weight excluding hydrogens is 384 g/mol. The van der Waals surface area contributed by atoms with Crippen LogP contribution in [0.5, 0.6) is 0 Å². The van der Waals surface area contributed by atoms with Crippen molar-refractivity contribution in [3.63, 3.8) is 0 Å². The minimum Gasteiger partial charge on any atom is -0.0760 e. The van der Waals surface area contributed by atoms with E-state index in [1.165, 1.54) is 73.6 Å². The lowest BCUT2D eigenvalue weighted by molar-refractivity contribution is 0.821. The van der Waals surface area contributed by atoms with Crippen molar-refractivity contribution in [1.82, 2.24) is 0 Å². The average molecular weight is 427 g/mol. The second kappa shape index (κ2) is 12.6. The first-order valence-electron chi connectivity index (χ1n) is 13.0. The van der Waals surface area contributed by atoms with Gasteiger partial charge in [-0.05, 0) is 83.1 Å². The molecule has 1 aliphatic rings. The number of aryl methyl sites for hydroxylation is 1. The van der Waals surface area contributed by atoms with Gasteiger partial charge in [-0.15, -0.1) is 0 Å². The maximum atomic E-state index is 2.56. The predicted molar refractivity (Wildman–Crippen MR) is 143 cm³/mol. The third-order valence-electron chi connectivity index (χ3n) is 6.58. The highest BCUT2D eigenvalue weighted by atomic mass is 14.3. The van der Waals surface area contributed by atoms with Gasteiger partial charge in [0.1, 0.15) is 0 Å². The van der Waals surface area contributed by atoms with Crippen molar-refractivity contribution in [2.24, 2.45) is 0 Å². The van der Waals surface area contributed by atoms with Crippen molar-refractivity contribution in [2.75, 3.05) is 0 Å². The Bertz CT molecular complexity index is 953. The van der Waals surface area contributed by atoms with Gasteiger partial charge in [0.05, 0.1) is 0 Å². The molecule has 0 heterocycles. The molecule has 0 aliphatic heterocycles. The van der Waals surface area contributed by atoms with Crippen molar-refractivity contribution in [1.29, 1.82) is 0 Å². The van der Waals surface area contributed by atoms with Gasteiger partial charge in [0.15, 0.2) is 0 Å². The van der Waals surface area contributed by atoms with E-state index in [9.17, 15) is 0 Å². The zero-order valence-corrected chi connectivity index (χ0v) is 20.8. The minimum absolute atomic E-state index is 1.09. The SMILES string of the molecule is CCCC1=C(CCC)/C(=C/CCc2ccccc2)c2ccccc2C(CCC)=C1CCC. The van der Waals surface area contributed by atoms with E-state index in [2.05, 4.69) is 88.4 Å². The fourth-order valence-corrected chi connectivity index (χ4v) is 5.27. The topological polar surface area (TPSA) is 0 Å². The summed E-state index contributed by atoms with van der Waals surface area (Å²) in [5.74, 6) is 0. The minimum atomic E-state index is 1.09. The molecule has 170 valence electrons. The van der Waals surface area contributed by atoms with Gasteiger partial charge in [0.25, 0.3) is 0 Å². The molecule has 0 aromatic heterocycles. The number of hydrogen-bond donors (Lipinski definition) is 0. The van der Waals surface area contributed by atoms with Crippen LogP contribution in [-0.2, 0) is 6.42 Å². The van der Waals surface area contributed by atoms with Gasteiger partial charge >= 0.3 is 0 Å². The van der Waals surface area contributed by atoms with E-state index in [0.29, 0.717) is 0 Å². The largest absolute Gasteiger partial charge is 0.0760 e. The van der Waals surface area contributed by atoms with Crippen LogP contribution >= 0.6 is 0 Å². The Hall–Kier alpha value is -2.34. The van der Waals surface area contributed by atoms with Gasteiger partial charge in [0, 0.05) is 0 Å². The van der Waals surface area contributed by atoms with Gasteiger partial charge in [-0.3, -0.25) is 0 Å². The fraction of sp³-hybridized carbons (Fsp3) is 0.438. The molecule has 0 bridgehead atoms. The summed E-state index contributed by atoms with van der Waals surface area (Å²) >= 11 is 0. The van der Waals surface area contributed by atoms with E-state index >= 15 is 0 Å². The van der Waals surface area contributed by atoms with E-state index in [1.54, 1.807) is 22.3 Å². The zero-order valence-electron chi connectivity index (χ0n) is 20.8. The molecule has 0 saturated carbocycles. The zero-order chi connectivity index (χ0) is 22.8. The molecule has 3 rings (SSSR count). The van der Waals surface area contributed by atoms with Crippen LogP contribution in [0.15, 0.2) is 77.4 Å². The first kappa shape index (κ1) is 24.3.